The molecule has 0 atom stereocenters. The van der Waals surface area contributed by atoms with Gasteiger partial charge in [0.2, 0.25) is 0 Å². The van der Waals surface area contributed by atoms with Gasteiger partial charge in [-0.15, -0.1) is 0 Å². The van der Waals surface area contributed by atoms with Crippen molar-refractivity contribution in [2.24, 2.45) is 0 Å². The largest absolute Gasteiger partial charge is 0.480 e. The Hall–Kier alpha value is -2.54. The van der Waals surface area contributed by atoms with E-state index in [9.17, 15) is 23.1 Å². The van der Waals surface area contributed by atoms with Gasteiger partial charge in [0.05, 0.1) is 5.56 Å². The van der Waals surface area contributed by atoms with Crippen LogP contribution >= 0.6 is 0 Å². The van der Waals surface area contributed by atoms with Crippen molar-refractivity contribution in [1.82, 2.24) is 5.32 Å². The molecule has 0 amide bonds. The second-order valence-corrected chi connectivity index (χ2v) is 6.45. The van der Waals surface area contributed by atoms with E-state index in [1.165, 1.54) is 12.1 Å². The smallest absolute Gasteiger partial charge is 0.416 e. The van der Waals surface area contributed by atoms with E-state index in [4.69, 9.17) is 0 Å². The van der Waals surface area contributed by atoms with Crippen LogP contribution in [0, 0.1) is 0 Å². The molecule has 0 radical (unpaired) electrons. The molecule has 2 N–H and O–H groups in total. The number of hydrogen-bond donors (Lipinski definition) is 2. The number of carboxylic acid groups (broad SMARTS) is 1. The first-order valence-corrected chi connectivity index (χ1v) is 8.25. The van der Waals surface area contributed by atoms with Crippen LogP contribution < -0.4 is 10.2 Å². The molecule has 0 aliphatic carbocycles. The highest BCUT2D eigenvalue weighted by atomic mass is 19.4. The van der Waals surface area contributed by atoms with Gasteiger partial charge >= 0.3 is 12.1 Å². The van der Waals surface area contributed by atoms with Crippen molar-refractivity contribution in [3.8, 4) is 0 Å². The zero-order valence-electron chi connectivity index (χ0n) is 14.0. The molecular weight excluding hydrogens is 345 g/mol. The van der Waals surface area contributed by atoms with Gasteiger partial charge in [-0.3, -0.25) is 10.1 Å². The minimum atomic E-state index is -4.35. The molecule has 0 aromatic heterocycles. The average Bonchev–Trinajstić information content (AvgIpc) is 2.57. The third-order valence-corrected chi connectivity index (χ3v) is 4.61. The molecule has 1 aliphatic rings. The van der Waals surface area contributed by atoms with E-state index in [0.29, 0.717) is 26.1 Å². The molecule has 0 bridgehead atoms. The fourth-order valence-electron chi connectivity index (χ4n) is 3.06. The quantitative estimate of drug-likeness (QED) is 0.827. The summed E-state index contributed by atoms with van der Waals surface area (Å²) in [6.07, 6.45) is -3.89. The number of alkyl halides is 3. The highest BCUT2D eigenvalue weighted by molar-refractivity contribution is 5.83. The summed E-state index contributed by atoms with van der Waals surface area (Å²) >= 11 is 0. The molecule has 2 aromatic carbocycles. The van der Waals surface area contributed by atoms with Gasteiger partial charge in [0.25, 0.3) is 0 Å². The van der Waals surface area contributed by atoms with E-state index in [1.54, 1.807) is 0 Å². The molecule has 1 saturated heterocycles. The third kappa shape index (κ3) is 3.83. The molecule has 0 unspecified atom stereocenters. The summed E-state index contributed by atoms with van der Waals surface area (Å²) in [5.74, 6) is -0.919. The number of benzene rings is 2. The molecule has 0 saturated carbocycles. The number of carboxylic acids is 1. The minimum absolute atomic E-state index is 0.347. The topological polar surface area (TPSA) is 52.6 Å². The first-order valence-electron chi connectivity index (χ1n) is 8.25. The molecule has 2 aromatic rings. The van der Waals surface area contributed by atoms with Crippen LogP contribution in [0.3, 0.4) is 0 Å². The maximum Gasteiger partial charge on any atom is 0.416 e. The summed E-state index contributed by atoms with van der Waals surface area (Å²) in [5, 5.41) is 12.6. The lowest BCUT2D eigenvalue weighted by Gasteiger charge is -2.49. The molecule has 1 aliphatic heterocycles. The van der Waals surface area contributed by atoms with E-state index in [2.05, 4.69) is 5.32 Å². The molecular formula is C19H19F3N2O2. The van der Waals surface area contributed by atoms with Gasteiger partial charge in [-0.05, 0) is 36.2 Å². The Morgan fingerprint density at radius 3 is 2.23 bits per heavy atom. The van der Waals surface area contributed by atoms with E-state index < -0.39 is 23.2 Å². The van der Waals surface area contributed by atoms with E-state index in [0.717, 1.165) is 23.4 Å². The summed E-state index contributed by atoms with van der Waals surface area (Å²) in [5.41, 5.74) is -0.0187. The van der Waals surface area contributed by atoms with Crippen molar-refractivity contribution in [2.75, 3.05) is 24.5 Å². The predicted molar refractivity (Wildman–Crippen MR) is 92.2 cm³/mol. The zero-order chi connectivity index (χ0) is 18.8. The molecule has 0 spiro atoms. The van der Waals surface area contributed by atoms with Crippen molar-refractivity contribution in [1.29, 1.82) is 0 Å². The van der Waals surface area contributed by atoms with Crippen molar-refractivity contribution in [3.63, 3.8) is 0 Å². The number of halogens is 3. The highest BCUT2D eigenvalue weighted by Crippen LogP contribution is 2.30. The number of carbonyl (C=O) groups is 1. The first-order chi connectivity index (χ1) is 12.3. The second kappa shape index (κ2) is 6.99. The fraction of sp³-hybridized carbons (Fsp3) is 0.316. The van der Waals surface area contributed by atoms with Crippen LogP contribution in [0.1, 0.15) is 11.1 Å². The van der Waals surface area contributed by atoms with E-state index in [-0.39, 0.29) is 0 Å². The normalized spacial score (nSPS) is 16.2. The Balaban J connectivity index is 1.55. The maximum absolute atomic E-state index is 12.6. The summed E-state index contributed by atoms with van der Waals surface area (Å²) < 4.78 is 37.7. The molecule has 138 valence electrons. The van der Waals surface area contributed by atoms with Crippen molar-refractivity contribution in [3.05, 3.63) is 65.7 Å². The summed E-state index contributed by atoms with van der Waals surface area (Å²) in [6, 6.07) is 14.5. The number of hydrogen-bond acceptors (Lipinski definition) is 3. The predicted octanol–water partition coefficient (Wildman–Crippen LogP) is 3.18. The van der Waals surface area contributed by atoms with Crippen molar-refractivity contribution < 1.29 is 23.1 Å². The number of nitrogens with one attached hydrogen (secondary N) is 1. The fourth-order valence-corrected chi connectivity index (χ4v) is 3.06. The Labute approximate surface area is 149 Å². The zero-order valence-corrected chi connectivity index (χ0v) is 14.0. The Bertz CT molecular complexity index is 755. The van der Waals surface area contributed by atoms with Crippen LogP contribution in [0.15, 0.2) is 54.6 Å². The lowest BCUT2D eigenvalue weighted by atomic mass is 9.88. The van der Waals surface area contributed by atoms with Gasteiger partial charge in [0.15, 0.2) is 5.54 Å². The van der Waals surface area contributed by atoms with Crippen LogP contribution in [0.2, 0.25) is 0 Å². The van der Waals surface area contributed by atoms with Crippen LogP contribution in [-0.2, 0) is 17.4 Å². The number of aliphatic carboxylic acids is 1. The highest BCUT2D eigenvalue weighted by Gasteiger charge is 2.49. The van der Waals surface area contributed by atoms with Gasteiger partial charge in [0, 0.05) is 25.3 Å². The number of nitrogens with zero attached hydrogens (tertiary/aromatic N) is 1. The molecule has 1 fully saturated rings. The Morgan fingerprint density at radius 1 is 1.08 bits per heavy atom. The first kappa shape index (κ1) is 18.3. The van der Waals surface area contributed by atoms with Crippen LogP contribution in [0.5, 0.6) is 0 Å². The van der Waals surface area contributed by atoms with Crippen LogP contribution in [0.25, 0.3) is 0 Å². The van der Waals surface area contributed by atoms with Crippen molar-refractivity contribution >= 4 is 11.7 Å². The standard InChI is InChI=1S/C19H19F3N2O2/c20-19(21,22)15-8-6-14(7-9-15)10-11-23-18(17(25)26)12-24(13-18)16-4-2-1-3-5-16/h1-9,23H,10-13H2,(H,25,26). The third-order valence-electron chi connectivity index (χ3n) is 4.61. The van der Waals surface area contributed by atoms with E-state index in [1.807, 2.05) is 35.2 Å². The average molecular weight is 364 g/mol. The lowest BCUT2D eigenvalue weighted by molar-refractivity contribution is -0.146. The molecule has 3 rings (SSSR count). The number of rotatable bonds is 6. The monoisotopic (exact) mass is 364 g/mol. The summed E-state index contributed by atoms with van der Waals surface area (Å²) in [7, 11) is 0. The second-order valence-electron chi connectivity index (χ2n) is 6.45. The van der Waals surface area contributed by atoms with Gasteiger partial charge in [-0.1, -0.05) is 30.3 Å². The Morgan fingerprint density at radius 2 is 1.69 bits per heavy atom. The molecule has 1 heterocycles. The van der Waals surface area contributed by atoms with Gasteiger partial charge < -0.3 is 10.0 Å². The number of anilines is 1. The van der Waals surface area contributed by atoms with Crippen LogP contribution in [-0.4, -0.2) is 36.2 Å². The van der Waals surface area contributed by atoms with Crippen LogP contribution in [0.4, 0.5) is 18.9 Å². The van der Waals surface area contributed by atoms with Gasteiger partial charge in [-0.25, -0.2) is 0 Å². The summed E-state index contributed by atoms with van der Waals surface area (Å²) in [4.78, 5) is 13.6. The van der Waals surface area contributed by atoms with E-state index >= 15 is 0 Å². The number of para-hydroxylation sites is 1. The minimum Gasteiger partial charge on any atom is -0.480 e. The van der Waals surface area contributed by atoms with Gasteiger partial charge in [0.1, 0.15) is 0 Å². The SMILES string of the molecule is O=C(O)C1(NCCc2ccc(C(F)(F)F)cc2)CN(c2ccccc2)C1. The molecule has 4 nitrogen and oxygen atoms in total. The molecule has 7 heteroatoms. The lowest BCUT2D eigenvalue weighted by Crippen LogP contribution is -2.73. The maximum atomic E-state index is 12.6. The van der Waals surface area contributed by atoms with Crippen molar-refractivity contribution in [2.45, 2.75) is 18.1 Å². The molecule has 26 heavy (non-hydrogen) atoms. The Kier molecular flexibility index (Phi) is 4.91. The summed E-state index contributed by atoms with van der Waals surface area (Å²) in [6.45, 7) is 1.07. The van der Waals surface area contributed by atoms with Gasteiger partial charge in [-0.2, -0.15) is 13.2 Å².